The third kappa shape index (κ3) is 4.18. The van der Waals surface area contributed by atoms with Crippen LogP contribution in [0.4, 0.5) is 5.69 Å². The van der Waals surface area contributed by atoms with Crippen LogP contribution < -0.4 is 5.32 Å². The largest absolute Gasteiger partial charge is 0.378 e. The van der Waals surface area contributed by atoms with Crippen LogP contribution in [0.1, 0.15) is 28.0 Å². The van der Waals surface area contributed by atoms with E-state index < -0.39 is 16.1 Å². The molecule has 1 aliphatic heterocycles. The number of morpholine rings is 1. The number of amides is 1. The maximum absolute atomic E-state index is 12.9. The Balaban J connectivity index is 1.41. The molecule has 1 aliphatic rings. The Kier molecular flexibility index (Phi) is 5.63. The third-order valence-corrected chi connectivity index (χ3v) is 6.91. The van der Waals surface area contributed by atoms with Crippen molar-refractivity contribution in [2.24, 2.45) is 0 Å². The maximum Gasteiger partial charge on any atom is 0.274 e. The molecule has 0 aliphatic carbocycles. The smallest absolute Gasteiger partial charge is 0.274 e. The van der Waals surface area contributed by atoms with Crippen molar-refractivity contribution in [3.05, 3.63) is 65.9 Å². The fourth-order valence-electron chi connectivity index (χ4n) is 3.85. The number of ether oxygens (including phenoxy) is 1. The first kappa shape index (κ1) is 22.2. The van der Waals surface area contributed by atoms with E-state index in [1.165, 1.54) is 10.5 Å². The van der Waals surface area contributed by atoms with Gasteiger partial charge in [-0.05, 0) is 30.7 Å². The minimum absolute atomic E-state index is 0.128. The van der Waals surface area contributed by atoms with Crippen molar-refractivity contribution in [2.75, 3.05) is 31.3 Å². The second-order valence-electron chi connectivity index (χ2n) is 7.98. The molecule has 4 aromatic rings. The Morgan fingerprint density at radius 1 is 1.24 bits per heavy atom. The van der Waals surface area contributed by atoms with E-state index in [1.54, 1.807) is 22.7 Å². The number of hydrogen-bond acceptors (Lipinski definition) is 8. The van der Waals surface area contributed by atoms with Crippen molar-refractivity contribution in [2.45, 2.75) is 13.0 Å². The van der Waals surface area contributed by atoms with Gasteiger partial charge in [0.15, 0.2) is 0 Å². The second-order valence-corrected chi connectivity index (χ2v) is 9.91. The molecule has 0 unspecified atom stereocenters. The first-order chi connectivity index (χ1) is 16.3. The quantitative estimate of drug-likeness (QED) is 0.458. The summed E-state index contributed by atoms with van der Waals surface area (Å²) in [5.74, 6) is 0.118. The summed E-state index contributed by atoms with van der Waals surface area (Å²) in [6.45, 7) is 2.52. The molecule has 3 aromatic heterocycles. The highest BCUT2D eigenvalue weighted by atomic mass is 32.2. The summed E-state index contributed by atoms with van der Waals surface area (Å²) in [4.78, 5) is 21.6. The zero-order valence-electron chi connectivity index (χ0n) is 18.5. The fraction of sp³-hybridized carbons (Fsp3) is 0.273. The van der Waals surface area contributed by atoms with E-state index in [4.69, 9.17) is 9.26 Å². The van der Waals surface area contributed by atoms with Crippen molar-refractivity contribution in [1.29, 1.82) is 0 Å². The van der Waals surface area contributed by atoms with Crippen LogP contribution in [-0.2, 0) is 14.8 Å². The van der Waals surface area contributed by atoms with Gasteiger partial charge in [0, 0.05) is 24.0 Å². The number of hydrogen-bond donors (Lipinski definition) is 1. The number of aryl methyl sites for hydroxylation is 1. The molecular formula is C22H22N6O5S. The maximum atomic E-state index is 12.9. The highest BCUT2D eigenvalue weighted by Gasteiger charge is 2.35. The van der Waals surface area contributed by atoms with Crippen LogP contribution >= 0.6 is 0 Å². The van der Waals surface area contributed by atoms with E-state index in [0.29, 0.717) is 29.2 Å². The van der Waals surface area contributed by atoms with Crippen LogP contribution in [0.3, 0.4) is 0 Å². The van der Waals surface area contributed by atoms with E-state index in [-0.39, 0.29) is 30.8 Å². The van der Waals surface area contributed by atoms with Crippen molar-refractivity contribution < 1.29 is 22.5 Å². The summed E-state index contributed by atoms with van der Waals surface area (Å²) in [6, 6.07) is 10.2. The molecule has 0 saturated carbocycles. The topological polar surface area (TPSA) is 132 Å². The fourth-order valence-corrected chi connectivity index (χ4v) is 4.87. The van der Waals surface area contributed by atoms with Gasteiger partial charge >= 0.3 is 0 Å². The number of rotatable bonds is 5. The molecule has 4 heterocycles. The number of benzene rings is 1. The first-order valence-electron chi connectivity index (χ1n) is 10.5. The van der Waals surface area contributed by atoms with E-state index in [2.05, 4.69) is 20.4 Å². The van der Waals surface area contributed by atoms with Crippen LogP contribution in [0.25, 0.3) is 17.0 Å². The number of nitrogens with one attached hydrogen (secondary N) is 1. The van der Waals surface area contributed by atoms with Gasteiger partial charge in [-0.2, -0.15) is 9.29 Å². The Bertz CT molecular complexity index is 1480. The minimum Gasteiger partial charge on any atom is -0.378 e. The number of carbonyl (C=O) groups excluding carboxylic acids is 1. The van der Waals surface area contributed by atoms with Gasteiger partial charge in [0.1, 0.15) is 17.4 Å². The van der Waals surface area contributed by atoms with E-state index in [9.17, 15) is 13.2 Å². The Hall–Kier alpha value is -3.61. The number of carbonyl (C=O) groups is 1. The zero-order chi connectivity index (χ0) is 23.9. The lowest BCUT2D eigenvalue weighted by Gasteiger charge is -2.30. The standard InChI is InChI=1S/C22H22N6O5S/c1-14-6-7-15(11-16(14)24-21(29)17-12-23-19-5-3-4-8-27(17)19)20-25-22(33-26-20)18-13-32-10-9-28(18)34(2,30)31/h3-8,11-12,18H,9-10,13H2,1-2H3,(H,24,29)/t18-/m0/s1. The van der Waals surface area contributed by atoms with E-state index >= 15 is 0 Å². The normalized spacial score (nSPS) is 17.2. The molecule has 1 N–H and O–H groups in total. The molecule has 1 amide bonds. The van der Waals surface area contributed by atoms with Gasteiger partial charge in [-0.25, -0.2) is 13.4 Å². The summed E-state index contributed by atoms with van der Waals surface area (Å²) < 4.78 is 38.1. The molecule has 176 valence electrons. The summed E-state index contributed by atoms with van der Waals surface area (Å²) >= 11 is 0. The van der Waals surface area contributed by atoms with Crippen molar-refractivity contribution >= 4 is 27.3 Å². The van der Waals surface area contributed by atoms with Gasteiger partial charge in [-0.3, -0.25) is 9.20 Å². The molecule has 0 bridgehead atoms. The van der Waals surface area contributed by atoms with Crippen LogP contribution in [0.5, 0.6) is 0 Å². The highest BCUT2D eigenvalue weighted by molar-refractivity contribution is 7.88. The molecule has 1 saturated heterocycles. The second kappa shape index (κ2) is 8.63. The molecule has 1 fully saturated rings. The van der Waals surface area contributed by atoms with Crippen molar-refractivity contribution in [1.82, 2.24) is 23.8 Å². The molecule has 1 atom stereocenters. The van der Waals surface area contributed by atoms with Gasteiger partial charge in [0.2, 0.25) is 21.7 Å². The van der Waals surface area contributed by atoms with Gasteiger partial charge in [-0.1, -0.05) is 23.4 Å². The molecule has 0 radical (unpaired) electrons. The van der Waals surface area contributed by atoms with Crippen LogP contribution in [0.15, 0.2) is 53.3 Å². The molecule has 5 rings (SSSR count). The minimum atomic E-state index is -3.47. The summed E-state index contributed by atoms with van der Waals surface area (Å²) in [7, 11) is -3.47. The lowest BCUT2D eigenvalue weighted by atomic mass is 10.1. The monoisotopic (exact) mass is 482 g/mol. The molecule has 12 heteroatoms. The van der Waals surface area contributed by atoms with Gasteiger partial charge < -0.3 is 14.6 Å². The van der Waals surface area contributed by atoms with E-state index in [0.717, 1.165) is 11.8 Å². The van der Waals surface area contributed by atoms with Crippen molar-refractivity contribution in [3.63, 3.8) is 0 Å². The molecule has 11 nitrogen and oxygen atoms in total. The number of nitrogens with zero attached hydrogens (tertiary/aromatic N) is 5. The summed E-state index contributed by atoms with van der Waals surface area (Å²) in [5, 5.41) is 6.95. The Morgan fingerprint density at radius 2 is 2.09 bits per heavy atom. The zero-order valence-corrected chi connectivity index (χ0v) is 19.3. The molecule has 1 aromatic carbocycles. The third-order valence-electron chi connectivity index (χ3n) is 5.63. The van der Waals surface area contributed by atoms with Crippen LogP contribution in [0.2, 0.25) is 0 Å². The first-order valence-corrected chi connectivity index (χ1v) is 12.4. The number of fused-ring (bicyclic) bond motifs is 1. The number of anilines is 1. The van der Waals surface area contributed by atoms with Gasteiger partial charge in [-0.15, -0.1) is 0 Å². The Labute approximate surface area is 195 Å². The highest BCUT2D eigenvalue weighted by Crippen LogP contribution is 2.29. The predicted octanol–water partition coefficient (Wildman–Crippen LogP) is 2.28. The number of pyridine rings is 1. The molecular weight excluding hydrogens is 460 g/mol. The van der Waals surface area contributed by atoms with Gasteiger partial charge in [0.25, 0.3) is 5.91 Å². The summed E-state index contributed by atoms with van der Waals surface area (Å²) in [6.07, 6.45) is 4.44. The average Bonchev–Trinajstić information content (AvgIpc) is 3.48. The Morgan fingerprint density at radius 3 is 2.91 bits per heavy atom. The number of imidazole rings is 1. The van der Waals surface area contributed by atoms with Crippen LogP contribution in [-0.4, -0.2) is 64.2 Å². The molecule has 0 spiro atoms. The van der Waals surface area contributed by atoms with E-state index in [1.807, 2.05) is 31.2 Å². The SMILES string of the molecule is Cc1ccc(-c2noc([C@@H]3COCCN3S(C)(=O)=O)n2)cc1NC(=O)c1cnc2ccccn12. The average molecular weight is 483 g/mol. The summed E-state index contributed by atoms with van der Waals surface area (Å²) in [5.41, 5.74) is 3.11. The predicted molar refractivity (Wildman–Crippen MR) is 123 cm³/mol. The molecule has 34 heavy (non-hydrogen) atoms. The van der Waals surface area contributed by atoms with Gasteiger partial charge in [0.05, 0.1) is 25.7 Å². The van der Waals surface area contributed by atoms with Crippen molar-refractivity contribution in [3.8, 4) is 11.4 Å². The van der Waals surface area contributed by atoms with Crippen LogP contribution in [0, 0.1) is 6.92 Å². The number of aromatic nitrogens is 4. The lowest BCUT2D eigenvalue weighted by molar-refractivity contribution is 0.0206. The number of sulfonamides is 1. The lowest BCUT2D eigenvalue weighted by Crippen LogP contribution is -2.42.